The molecule has 16 heteroatoms. The van der Waals surface area contributed by atoms with Crippen LogP contribution >= 0.6 is 11.3 Å². The molecule has 1 aliphatic carbocycles. The Morgan fingerprint density at radius 2 is 1.53 bits per heavy atom. The molecule has 2 atom stereocenters. The number of likely N-dealkylation sites (N-methyl/N-ethyl adjacent to an activating group) is 1. The van der Waals surface area contributed by atoms with Crippen LogP contribution in [0.3, 0.4) is 0 Å². The standard InChI is InChI=1S/C21H23N5S.C14H18N2O2.C8H14N2O2.C3H8.C2H4O2.C2H6/c1-22-18-12-26-19(15-5-3-2-4-6-15)20(27-21(26)25-18)16-9-7-14(8-10-16)17-11-23-13-24-17;1-15-13(11-6-3-2-4-7-11)14(18)16-9-5-8-12(16)10-17;1-7(11)9-6-8(12)10-4-2-3-5-10;1-3-2;1-4-2-3;1-2/h7-13,15,22H,2-6H2,1H3,(H,23,24);2-4,6-7,10,12-13,15H,5,8-9H2,1H3;2-6H2,1H3,(H,9,11);3H2,1-2H3;2H,1H3;1-2H3/t;12-,13?;;;;/m.0..../s1. The monoisotopic (exact) mass is 928 g/mol. The Labute approximate surface area is 395 Å². The van der Waals surface area contributed by atoms with Crippen molar-refractivity contribution < 1.29 is 28.7 Å². The van der Waals surface area contributed by atoms with Gasteiger partial charge in [0.1, 0.15) is 18.1 Å². The van der Waals surface area contributed by atoms with E-state index in [1.54, 1.807) is 34.5 Å². The maximum Gasteiger partial charge on any atom is 0.292 e. The summed E-state index contributed by atoms with van der Waals surface area (Å²) in [6.45, 7) is 12.6. The summed E-state index contributed by atoms with van der Waals surface area (Å²) in [5.74, 6) is 1.43. The highest BCUT2D eigenvalue weighted by Gasteiger charge is 2.33. The highest BCUT2D eigenvalue weighted by atomic mass is 32.1. The molecule has 1 saturated carbocycles. The number of nitrogens with one attached hydrogen (secondary N) is 4. The third kappa shape index (κ3) is 16.2. The van der Waals surface area contributed by atoms with Gasteiger partial charge in [-0.2, -0.15) is 0 Å². The number of fused-ring (bicyclic) bond motifs is 1. The molecule has 3 aromatic heterocycles. The predicted octanol–water partition coefficient (Wildman–Crippen LogP) is 8.66. The van der Waals surface area contributed by atoms with Crippen molar-refractivity contribution in [1.82, 2.24) is 39.8 Å². The van der Waals surface area contributed by atoms with Crippen molar-refractivity contribution in [2.75, 3.05) is 52.7 Å². The summed E-state index contributed by atoms with van der Waals surface area (Å²) in [6.07, 6.45) is 18.3. The molecule has 0 radical (unpaired) electrons. The molecular weight excluding hydrogens is 855 g/mol. The number of imidazole rings is 2. The van der Waals surface area contributed by atoms with Gasteiger partial charge in [-0.05, 0) is 62.3 Å². The number of ether oxygens (including phenoxy) is 1. The lowest BCUT2D eigenvalue weighted by molar-refractivity contribution is -0.136. The van der Waals surface area contributed by atoms with Crippen LogP contribution in [0.2, 0.25) is 0 Å². The van der Waals surface area contributed by atoms with Gasteiger partial charge >= 0.3 is 0 Å². The normalized spacial score (nSPS) is 15.6. The number of hydrogen-bond acceptors (Lipinski definition) is 11. The molecular formula is C50H73N9O6S. The van der Waals surface area contributed by atoms with Gasteiger partial charge in [0.2, 0.25) is 17.7 Å². The molecule has 15 nitrogen and oxygen atoms in total. The van der Waals surface area contributed by atoms with Crippen LogP contribution < -0.4 is 16.0 Å². The molecule has 8 rings (SSSR count). The van der Waals surface area contributed by atoms with Crippen LogP contribution in [0.25, 0.3) is 26.7 Å². The molecule has 5 aromatic rings. The van der Waals surface area contributed by atoms with E-state index in [4.69, 9.17) is 9.78 Å². The van der Waals surface area contributed by atoms with E-state index in [-0.39, 0.29) is 36.3 Å². The minimum absolute atomic E-state index is 0.0155. The van der Waals surface area contributed by atoms with E-state index in [2.05, 4.69) is 79.4 Å². The molecule has 3 amide bonds. The van der Waals surface area contributed by atoms with Gasteiger partial charge in [0.15, 0.2) is 4.96 Å². The lowest BCUT2D eigenvalue weighted by atomic mass is 9.85. The van der Waals surface area contributed by atoms with Crippen molar-refractivity contribution in [3.8, 4) is 21.7 Å². The highest BCUT2D eigenvalue weighted by Crippen LogP contribution is 2.43. The summed E-state index contributed by atoms with van der Waals surface area (Å²) in [5, 5.41) is 8.70. The summed E-state index contributed by atoms with van der Waals surface area (Å²) in [7, 11) is 5.01. The first-order valence-corrected chi connectivity index (χ1v) is 24.2. The Bertz CT molecular complexity index is 2150. The molecule has 2 aromatic carbocycles. The van der Waals surface area contributed by atoms with E-state index >= 15 is 0 Å². The third-order valence-electron chi connectivity index (χ3n) is 11.0. The molecule has 4 N–H and O–H groups in total. The first-order valence-electron chi connectivity index (χ1n) is 23.4. The first-order chi connectivity index (χ1) is 32.1. The van der Waals surface area contributed by atoms with Crippen molar-refractivity contribution in [3.63, 3.8) is 0 Å². The van der Waals surface area contributed by atoms with Crippen LogP contribution in [0.5, 0.6) is 0 Å². The number of rotatable bonds is 11. The number of aldehydes is 1. The summed E-state index contributed by atoms with van der Waals surface area (Å²) < 4.78 is 6.19. The largest absolute Gasteiger partial charge is 0.471 e. The van der Waals surface area contributed by atoms with Crippen LogP contribution in [0.1, 0.15) is 122 Å². The number of aromatic nitrogens is 4. The van der Waals surface area contributed by atoms with Gasteiger partial charge < -0.3 is 40.3 Å². The summed E-state index contributed by atoms with van der Waals surface area (Å²) >= 11 is 1.80. The van der Waals surface area contributed by atoms with Crippen LogP contribution in [0, 0.1) is 0 Å². The first kappa shape index (κ1) is 54.5. The van der Waals surface area contributed by atoms with Gasteiger partial charge in [0.25, 0.3) is 6.47 Å². The summed E-state index contributed by atoms with van der Waals surface area (Å²) in [6, 6.07) is 17.8. The zero-order valence-corrected chi connectivity index (χ0v) is 41.1. The third-order valence-corrected chi connectivity index (χ3v) is 12.1. The van der Waals surface area contributed by atoms with Gasteiger partial charge in [0.05, 0.1) is 49.0 Å². The van der Waals surface area contributed by atoms with Gasteiger partial charge in [-0.3, -0.25) is 23.6 Å². The van der Waals surface area contributed by atoms with E-state index in [1.165, 1.54) is 68.7 Å². The number of thiazole rings is 1. The zero-order chi connectivity index (χ0) is 48.3. The van der Waals surface area contributed by atoms with Crippen molar-refractivity contribution >= 4 is 52.6 Å². The van der Waals surface area contributed by atoms with Crippen LogP contribution in [-0.4, -0.2) is 113 Å². The molecule has 66 heavy (non-hydrogen) atoms. The molecule has 2 saturated heterocycles. The maximum absolute atomic E-state index is 12.5. The lowest BCUT2D eigenvalue weighted by Gasteiger charge is -2.26. The van der Waals surface area contributed by atoms with Crippen LogP contribution in [0.4, 0.5) is 5.82 Å². The van der Waals surface area contributed by atoms with Gasteiger partial charge in [-0.1, -0.05) is 119 Å². The van der Waals surface area contributed by atoms with E-state index < -0.39 is 0 Å². The second kappa shape index (κ2) is 30.4. The van der Waals surface area contributed by atoms with Gasteiger partial charge in [-0.25, -0.2) is 9.97 Å². The van der Waals surface area contributed by atoms with E-state index in [1.807, 2.05) is 57.4 Å². The van der Waals surface area contributed by atoms with Crippen molar-refractivity contribution in [3.05, 3.63) is 84.6 Å². The molecule has 3 fully saturated rings. The highest BCUT2D eigenvalue weighted by molar-refractivity contribution is 7.20. The Hall–Kier alpha value is -5.87. The summed E-state index contributed by atoms with van der Waals surface area (Å²) in [5.41, 5.74) is 5.86. The van der Waals surface area contributed by atoms with E-state index in [0.29, 0.717) is 18.9 Å². The number of H-pyrrole nitrogens is 1. The minimum Gasteiger partial charge on any atom is -0.471 e. The van der Waals surface area contributed by atoms with Crippen molar-refractivity contribution in [2.24, 2.45) is 0 Å². The van der Waals surface area contributed by atoms with E-state index in [0.717, 1.165) is 72.7 Å². The fourth-order valence-corrected chi connectivity index (χ4v) is 9.09. The number of aromatic amines is 1. The number of anilines is 1. The summed E-state index contributed by atoms with van der Waals surface area (Å²) in [4.78, 5) is 72.1. The lowest BCUT2D eigenvalue weighted by Crippen LogP contribution is -2.43. The Kier molecular flexibility index (Phi) is 25.0. The fourth-order valence-electron chi connectivity index (χ4n) is 7.89. The Morgan fingerprint density at radius 3 is 2.08 bits per heavy atom. The Balaban J connectivity index is 0.000000256. The average molecular weight is 928 g/mol. The fraction of sp³-hybridized carbons (Fsp3) is 0.500. The average Bonchev–Trinajstić information content (AvgIpc) is 4.23. The van der Waals surface area contributed by atoms with Gasteiger partial charge in [-0.15, -0.1) is 0 Å². The molecule has 2 aliphatic heterocycles. The molecule has 360 valence electrons. The molecule has 1 unspecified atom stereocenters. The smallest absolute Gasteiger partial charge is 0.292 e. The number of hydrogen-bond donors (Lipinski definition) is 4. The number of amides is 3. The predicted molar refractivity (Wildman–Crippen MR) is 265 cm³/mol. The van der Waals surface area contributed by atoms with Crippen LogP contribution in [0.15, 0.2) is 73.3 Å². The molecule has 0 spiro atoms. The van der Waals surface area contributed by atoms with Crippen molar-refractivity contribution in [1.29, 1.82) is 0 Å². The SMILES string of the molecule is CC.CC(=O)NCC(=O)N1CCCC1.CCC.CNC(C(=O)N1CCC[C@H]1C=O)c1ccccc1.CNc1cn2c(C3CCCCC3)c(-c3ccc(-c4cnc[nH]4)cc3)sc2n1.COC=O. The quantitative estimate of drug-likeness (QED) is 0.0936. The second-order valence-corrected chi connectivity index (χ2v) is 16.7. The van der Waals surface area contributed by atoms with E-state index in [9.17, 15) is 19.2 Å². The number of carbonyl (C=O) groups excluding carboxylic acids is 5. The maximum atomic E-state index is 12.5. The number of methoxy groups -OCH3 is 1. The Morgan fingerprint density at radius 1 is 0.894 bits per heavy atom. The number of benzene rings is 2. The minimum atomic E-state index is -0.369. The number of carbonyl (C=O) groups is 5. The molecule has 3 aliphatic rings. The van der Waals surface area contributed by atoms with Crippen LogP contribution in [-0.2, 0) is 28.7 Å². The van der Waals surface area contributed by atoms with Gasteiger partial charge in [0, 0.05) is 45.2 Å². The van der Waals surface area contributed by atoms with Crippen molar-refractivity contribution in [2.45, 2.75) is 117 Å². The molecule has 5 heterocycles. The second-order valence-electron chi connectivity index (χ2n) is 15.8. The molecule has 0 bridgehead atoms. The number of nitrogens with zero attached hydrogens (tertiary/aromatic N) is 5. The topological polar surface area (TPSA) is 183 Å². The number of likely N-dealkylation sites (tertiary alicyclic amines) is 2. The zero-order valence-electron chi connectivity index (χ0n) is 40.3.